The van der Waals surface area contributed by atoms with E-state index in [0.717, 1.165) is 38.2 Å². The van der Waals surface area contributed by atoms with Gasteiger partial charge >= 0.3 is 0 Å². The molecule has 1 aromatic heterocycles. The Morgan fingerprint density at radius 3 is 2.30 bits per heavy atom. The Kier molecular flexibility index (Phi) is 6.40. The molecule has 1 saturated heterocycles. The van der Waals surface area contributed by atoms with Crippen molar-refractivity contribution in [1.82, 2.24) is 14.8 Å². The Morgan fingerprint density at radius 1 is 1.00 bits per heavy atom. The molecule has 0 atom stereocenters. The molecule has 0 N–H and O–H groups in total. The van der Waals surface area contributed by atoms with Crippen molar-refractivity contribution < 1.29 is 9.53 Å². The molecule has 1 fully saturated rings. The minimum atomic E-state index is 0.00951. The fourth-order valence-electron chi connectivity index (χ4n) is 3.85. The van der Waals surface area contributed by atoms with Crippen molar-refractivity contribution >= 4 is 5.91 Å². The number of carbonyl (C=O) groups excluding carboxylic acids is 1. The number of hydrogen-bond donors (Lipinski definition) is 0. The van der Waals surface area contributed by atoms with Crippen molar-refractivity contribution in [2.75, 3.05) is 20.1 Å². The van der Waals surface area contributed by atoms with E-state index < -0.39 is 0 Å². The largest absolute Gasteiger partial charge is 0.439 e. The minimum Gasteiger partial charge on any atom is -0.439 e. The van der Waals surface area contributed by atoms with Gasteiger partial charge in [-0.05, 0) is 36.6 Å². The summed E-state index contributed by atoms with van der Waals surface area (Å²) in [4.78, 5) is 21.6. The zero-order valence-corrected chi connectivity index (χ0v) is 17.3. The van der Waals surface area contributed by atoms with Gasteiger partial charge in [0.05, 0.1) is 5.56 Å². The van der Waals surface area contributed by atoms with Crippen LogP contribution in [0.25, 0.3) is 0 Å². The van der Waals surface area contributed by atoms with E-state index in [-0.39, 0.29) is 11.9 Å². The quantitative estimate of drug-likeness (QED) is 0.605. The van der Waals surface area contributed by atoms with Crippen LogP contribution in [0.5, 0.6) is 11.6 Å². The van der Waals surface area contributed by atoms with E-state index in [1.807, 2.05) is 48.3 Å². The highest BCUT2D eigenvalue weighted by Crippen LogP contribution is 2.21. The number of para-hydroxylation sites is 1. The summed E-state index contributed by atoms with van der Waals surface area (Å²) in [5, 5.41) is 0. The second kappa shape index (κ2) is 9.55. The molecule has 0 radical (unpaired) electrons. The third-order valence-corrected chi connectivity index (χ3v) is 5.62. The van der Waals surface area contributed by atoms with E-state index in [2.05, 4.69) is 34.1 Å². The molecule has 0 bridgehead atoms. The van der Waals surface area contributed by atoms with Crippen LogP contribution in [0.3, 0.4) is 0 Å². The number of ether oxygens (including phenoxy) is 1. The second-order valence-corrected chi connectivity index (χ2v) is 7.71. The van der Waals surface area contributed by atoms with Gasteiger partial charge in [0.15, 0.2) is 0 Å². The first-order chi connectivity index (χ1) is 14.7. The number of likely N-dealkylation sites (tertiary alicyclic amines) is 1. The lowest BCUT2D eigenvalue weighted by Gasteiger charge is -2.36. The molecule has 1 aliphatic heterocycles. The molecule has 1 aliphatic rings. The van der Waals surface area contributed by atoms with Crippen LogP contribution in [0.15, 0.2) is 79.0 Å². The molecule has 0 unspecified atom stereocenters. The Labute approximate surface area is 177 Å². The Bertz CT molecular complexity index is 937. The molecular weight excluding hydrogens is 374 g/mol. The third-order valence-electron chi connectivity index (χ3n) is 5.62. The van der Waals surface area contributed by atoms with Crippen molar-refractivity contribution in [2.24, 2.45) is 0 Å². The zero-order valence-electron chi connectivity index (χ0n) is 17.3. The van der Waals surface area contributed by atoms with Gasteiger partial charge in [0, 0.05) is 45.0 Å². The molecule has 2 aromatic carbocycles. The van der Waals surface area contributed by atoms with Crippen LogP contribution in [-0.2, 0) is 6.54 Å². The number of hydrogen-bond acceptors (Lipinski definition) is 4. The Morgan fingerprint density at radius 2 is 1.67 bits per heavy atom. The minimum absolute atomic E-state index is 0.00951. The topological polar surface area (TPSA) is 45.7 Å². The van der Waals surface area contributed by atoms with E-state index in [4.69, 9.17) is 4.74 Å². The first-order valence-corrected chi connectivity index (χ1v) is 10.4. The number of carbonyl (C=O) groups is 1. The molecule has 1 amide bonds. The summed E-state index contributed by atoms with van der Waals surface area (Å²) in [5.74, 6) is 1.22. The summed E-state index contributed by atoms with van der Waals surface area (Å²) in [6.07, 6.45) is 3.57. The normalized spacial score (nSPS) is 15.0. The third kappa shape index (κ3) is 5.05. The van der Waals surface area contributed by atoms with Crippen LogP contribution in [0.4, 0.5) is 0 Å². The van der Waals surface area contributed by atoms with Gasteiger partial charge in [-0.2, -0.15) is 0 Å². The average molecular weight is 402 g/mol. The van der Waals surface area contributed by atoms with Gasteiger partial charge in [-0.25, -0.2) is 4.98 Å². The van der Waals surface area contributed by atoms with Crippen molar-refractivity contribution in [2.45, 2.75) is 25.4 Å². The molecule has 4 rings (SSSR count). The van der Waals surface area contributed by atoms with Crippen molar-refractivity contribution in [3.05, 3.63) is 90.1 Å². The van der Waals surface area contributed by atoms with Gasteiger partial charge in [0.25, 0.3) is 5.91 Å². The molecule has 0 spiro atoms. The van der Waals surface area contributed by atoms with E-state index in [9.17, 15) is 4.79 Å². The van der Waals surface area contributed by atoms with Crippen LogP contribution in [-0.4, -0.2) is 46.9 Å². The van der Waals surface area contributed by atoms with Crippen molar-refractivity contribution in [3.8, 4) is 11.6 Å². The standard InChI is InChI=1S/C25H27N3O2/c1-27(22-14-16-28(17-15-22)19-20-8-4-2-5-9-20)25(29)21-12-13-24(26-18-21)30-23-10-6-3-7-11-23/h2-13,18,22H,14-17,19H2,1H3. The lowest BCUT2D eigenvalue weighted by atomic mass is 10.0. The number of aromatic nitrogens is 1. The van der Waals surface area contributed by atoms with Crippen LogP contribution in [0.2, 0.25) is 0 Å². The summed E-state index contributed by atoms with van der Waals surface area (Å²) in [7, 11) is 1.90. The summed E-state index contributed by atoms with van der Waals surface area (Å²) in [5.41, 5.74) is 1.92. The number of amides is 1. The molecular formula is C25H27N3O2. The lowest BCUT2D eigenvalue weighted by Crippen LogP contribution is -2.45. The lowest BCUT2D eigenvalue weighted by molar-refractivity contribution is 0.0636. The molecule has 30 heavy (non-hydrogen) atoms. The predicted molar refractivity (Wildman–Crippen MR) is 118 cm³/mol. The molecule has 5 nitrogen and oxygen atoms in total. The monoisotopic (exact) mass is 401 g/mol. The highest BCUT2D eigenvalue weighted by atomic mass is 16.5. The fourth-order valence-corrected chi connectivity index (χ4v) is 3.85. The van der Waals surface area contributed by atoms with Gasteiger partial charge in [0.1, 0.15) is 5.75 Å². The van der Waals surface area contributed by atoms with Gasteiger partial charge in [-0.1, -0.05) is 48.5 Å². The molecule has 2 heterocycles. The zero-order chi connectivity index (χ0) is 20.8. The van der Waals surface area contributed by atoms with Crippen LogP contribution >= 0.6 is 0 Å². The number of nitrogens with zero attached hydrogens (tertiary/aromatic N) is 3. The molecule has 3 aromatic rings. The maximum absolute atomic E-state index is 12.9. The number of benzene rings is 2. The van der Waals surface area contributed by atoms with Crippen LogP contribution in [0, 0.1) is 0 Å². The number of piperidine rings is 1. The van der Waals surface area contributed by atoms with E-state index in [0.29, 0.717) is 11.4 Å². The van der Waals surface area contributed by atoms with Gasteiger partial charge in [-0.15, -0.1) is 0 Å². The highest BCUT2D eigenvalue weighted by Gasteiger charge is 2.26. The Balaban J connectivity index is 1.30. The highest BCUT2D eigenvalue weighted by molar-refractivity contribution is 5.94. The summed E-state index contributed by atoms with van der Waals surface area (Å²) >= 11 is 0. The van der Waals surface area contributed by atoms with Crippen LogP contribution in [0.1, 0.15) is 28.8 Å². The second-order valence-electron chi connectivity index (χ2n) is 7.71. The Hall–Kier alpha value is -3.18. The average Bonchev–Trinajstić information content (AvgIpc) is 2.80. The van der Waals surface area contributed by atoms with Crippen molar-refractivity contribution in [1.29, 1.82) is 0 Å². The number of rotatable bonds is 6. The maximum Gasteiger partial charge on any atom is 0.255 e. The SMILES string of the molecule is CN(C(=O)c1ccc(Oc2ccccc2)nc1)C1CCN(Cc2ccccc2)CC1. The fraction of sp³-hybridized carbons (Fsp3) is 0.280. The maximum atomic E-state index is 12.9. The van der Waals surface area contributed by atoms with Gasteiger partial charge in [0.2, 0.25) is 5.88 Å². The van der Waals surface area contributed by atoms with Gasteiger partial charge < -0.3 is 9.64 Å². The van der Waals surface area contributed by atoms with E-state index >= 15 is 0 Å². The van der Waals surface area contributed by atoms with E-state index in [1.54, 1.807) is 18.3 Å². The van der Waals surface area contributed by atoms with E-state index in [1.165, 1.54) is 5.56 Å². The summed E-state index contributed by atoms with van der Waals surface area (Å²) in [6, 6.07) is 23.8. The summed E-state index contributed by atoms with van der Waals surface area (Å²) < 4.78 is 5.71. The predicted octanol–water partition coefficient (Wildman–Crippen LogP) is 4.61. The smallest absolute Gasteiger partial charge is 0.255 e. The first kappa shape index (κ1) is 20.1. The molecule has 5 heteroatoms. The van der Waals surface area contributed by atoms with Crippen LogP contribution < -0.4 is 4.74 Å². The first-order valence-electron chi connectivity index (χ1n) is 10.4. The number of pyridine rings is 1. The van der Waals surface area contributed by atoms with Gasteiger partial charge in [-0.3, -0.25) is 9.69 Å². The van der Waals surface area contributed by atoms with Crippen molar-refractivity contribution in [3.63, 3.8) is 0 Å². The summed E-state index contributed by atoms with van der Waals surface area (Å²) in [6.45, 7) is 2.97. The molecule has 0 aliphatic carbocycles. The molecule has 154 valence electrons. The molecule has 0 saturated carbocycles.